The van der Waals surface area contributed by atoms with Gasteiger partial charge in [-0.25, -0.2) is 9.78 Å². The molecule has 0 unspecified atom stereocenters. The lowest BCUT2D eigenvalue weighted by atomic mass is 9.85. The van der Waals surface area contributed by atoms with Gasteiger partial charge in [0, 0.05) is 17.6 Å². The van der Waals surface area contributed by atoms with Crippen molar-refractivity contribution < 1.29 is 15.0 Å². The molecule has 3 saturated carbocycles. The molecule has 1 heterocycles. The van der Waals surface area contributed by atoms with Gasteiger partial charge in [-0.15, -0.1) is 11.3 Å². The normalized spacial score (nSPS) is 36.5. The van der Waals surface area contributed by atoms with E-state index < -0.39 is 12.2 Å². The Kier molecular flexibility index (Phi) is 3.58. The summed E-state index contributed by atoms with van der Waals surface area (Å²) >= 11 is 1.55. The molecule has 0 spiro atoms. The number of urea groups is 1. The quantitative estimate of drug-likeness (QED) is 0.676. The fraction of sp³-hybridized carbons (Fsp3) is 0.733. The van der Waals surface area contributed by atoms with Gasteiger partial charge >= 0.3 is 6.03 Å². The first-order valence-electron chi connectivity index (χ1n) is 7.98. The number of aromatic nitrogens is 1. The standard InChI is InChI=1S/C15H21N3O3S/c19-12-8-3-9(10(4-8)13(12)20)5-16-14(21)18-15-17-6-11(22-15)7-1-2-7/h6-10,12-13,19-20H,1-5H2,(H2,16,17,18,21)/t8-,9-,10-,12+,13-/m1/s1. The van der Waals surface area contributed by atoms with Gasteiger partial charge in [-0.1, -0.05) is 0 Å². The predicted octanol–water partition coefficient (Wildman–Crippen LogP) is 1.52. The van der Waals surface area contributed by atoms with Gasteiger partial charge < -0.3 is 15.5 Å². The number of aliphatic hydroxyl groups excluding tert-OH is 2. The van der Waals surface area contributed by atoms with Crippen LogP contribution in [0.25, 0.3) is 0 Å². The minimum Gasteiger partial charge on any atom is -0.390 e. The highest BCUT2D eigenvalue weighted by Crippen LogP contribution is 2.48. The van der Waals surface area contributed by atoms with E-state index in [0.29, 0.717) is 17.6 Å². The van der Waals surface area contributed by atoms with E-state index in [2.05, 4.69) is 15.6 Å². The molecule has 6 nitrogen and oxygen atoms in total. The molecule has 2 amide bonds. The van der Waals surface area contributed by atoms with Crippen molar-refractivity contribution in [2.45, 2.75) is 43.8 Å². The number of aliphatic hydroxyl groups is 2. The van der Waals surface area contributed by atoms with Crippen LogP contribution in [-0.4, -0.2) is 40.0 Å². The summed E-state index contributed by atoms with van der Waals surface area (Å²) in [6, 6.07) is -0.241. The van der Waals surface area contributed by atoms with E-state index in [1.54, 1.807) is 11.3 Å². The number of nitrogens with one attached hydrogen (secondary N) is 2. The average Bonchev–Trinajstić information content (AvgIpc) is 3.00. The molecule has 120 valence electrons. The summed E-state index contributed by atoms with van der Waals surface area (Å²) in [5, 5.41) is 26.0. The number of hydrogen-bond donors (Lipinski definition) is 4. The van der Waals surface area contributed by atoms with E-state index >= 15 is 0 Å². The molecule has 0 aliphatic heterocycles. The zero-order chi connectivity index (χ0) is 15.3. The van der Waals surface area contributed by atoms with Crippen LogP contribution >= 0.6 is 11.3 Å². The summed E-state index contributed by atoms with van der Waals surface area (Å²) in [5.74, 6) is 1.21. The Morgan fingerprint density at radius 3 is 2.82 bits per heavy atom. The largest absolute Gasteiger partial charge is 0.390 e. The summed E-state index contributed by atoms with van der Waals surface area (Å²) < 4.78 is 0. The van der Waals surface area contributed by atoms with Crippen LogP contribution in [0.3, 0.4) is 0 Å². The molecule has 1 aromatic heterocycles. The molecule has 4 rings (SSSR count). The van der Waals surface area contributed by atoms with E-state index in [4.69, 9.17) is 0 Å². The minimum atomic E-state index is -0.631. The fourth-order valence-corrected chi connectivity index (χ4v) is 4.91. The molecule has 5 atom stereocenters. The molecule has 0 aromatic carbocycles. The first kappa shape index (κ1) is 14.4. The maximum absolute atomic E-state index is 11.9. The Labute approximate surface area is 133 Å². The van der Waals surface area contributed by atoms with Crippen LogP contribution in [0.1, 0.15) is 36.5 Å². The van der Waals surface area contributed by atoms with Crippen molar-refractivity contribution in [3.63, 3.8) is 0 Å². The van der Waals surface area contributed by atoms with Gasteiger partial charge in [0.1, 0.15) is 0 Å². The van der Waals surface area contributed by atoms with E-state index in [1.165, 1.54) is 17.7 Å². The molecule has 0 radical (unpaired) electrons. The number of carbonyl (C=O) groups is 1. The number of nitrogens with zero attached hydrogens (tertiary/aromatic N) is 1. The highest BCUT2D eigenvalue weighted by atomic mass is 32.1. The number of hydrogen-bond acceptors (Lipinski definition) is 5. The van der Waals surface area contributed by atoms with Gasteiger partial charge in [0.2, 0.25) is 0 Å². The van der Waals surface area contributed by atoms with Crippen molar-refractivity contribution in [3.8, 4) is 0 Å². The molecular weight excluding hydrogens is 302 g/mol. The van der Waals surface area contributed by atoms with Crippen LogP contribution in [0.4, 0.5) is 9.93 Å². The molecule has 2 bridgehead atoms. The Balaban J connectivity index is 1.26. The number of carbonyl (C=O) groups excluding carboxylic acids is 1. The molecule has 3 aliphatic carbocycles. The van der Waals surface area contributed by atoms with Crippen molar-refractivity contribution >= 4 is 22.5 Å². The van der Waals surface area contributed by atoms with Gasteiger partial charge in [0.05, 0.1) is 12.2 Å². The summed E-state index contributed by atoms with van der Waals surface area (Å²) in [7, 11) is 0. The second-order valence-electron chi connectivity index (χ2n) is 6.81. The zero-order valence-electron chi connectivity index (χ0n) is 12.2. The summed E-state index contributed by atoms with van der Waals surface area (Å²) in [5.41, 5.74) is 0. The van der Waals surface area contributed by atoms with E-state index in [1.807, 2.05) is 6.20 Å². The molecular formula is C15H21N3O3S. The third-order valence-electron chi connectivity index (χ3n) is 5.31. The van der Waals surface area contributed by atoms with Crippen molar-refractivity contribution in [1.29, 1.82) is 0 Å². The van der Waals surface area contributed by atoms with Crippen molar-refractivity contribution in [1.82, 2.24) is 10.3 Å². The zero-order valence-corrected chi connectivity index (χ0v) is 13.1. The third kappa shape index (κ3) is 2.61. The maximum atomic E-state index is 11.9. The van der Waals surface area contributed by atoms with Crippen LogP contribution in [0.2, 0.25) is 0 Å². The third-order valence-corrected chi connectivity index (χ3v) is 6.38. The highest BCUT2D eigenvalue weighted by Gasteiger charge is 2.51. The predicted molar refractivity (Wildman–Crippen MR) is 82.8 cm³/mol. The maximum Gasteiger partial charge on any atom is 0.321 e. The smallest absolute Gasteiger partial charge is 0.321 e. The van der Waals surface area contributed by atoms with Gasteiger partial charge in [-0.3, -0.25) is 5.32 Å². The molecule has 4 N–H and O–H groups in total. The Hall–Kier alpha value is -1.18. The molecule has 1 aromatic rings. The van der Waals surface area contributed by atoms with Crippen LogP contribution in [0, 0.1) is 17.8 Å². The molecule has 3 fully saturated rings. The van der Waals surface area contributed by atoms with Crippen LogP contribution < -0.4 is 10.6 Å². The first-order chi connectivity index (χ1) is 10.6. The van der Waals surface area contributed by atoms with E-state index in [0.717, 1.165) is 12.8 Å². The summed E-state index contributed by atoms with van der Waals surface area (Å²) in [6.07, 6.45) is 4.85. The van der Waals surface area contributed by atoms with Gasteiger partial charge in [0.15, 0.2) is 5.13 Å². The van der Waals surface area contributed by atoms with Crippen LogP contribution in [0.5, 0.6) is 0 Å². The molecule has 3 aliphatic rings. The second kappa shape index (κ2) is 5.47. The summed E-state index contributed by atoms with van der Waals surface area (Å²) in [4.78, 5) is 17.4. The molecule has 22 heavy (non-hydrogen) atoms. The fourth-order valence-electron chi connectivity index (χ4n) is 3.93. The minimum absolute atomic E-state index is 0.113. The lowest BCUT2D eigenvalue weighted by molar-refractivity contribution is -0.0330. The monoisotopic (exact) mass is 323 g/mol. The first-order valence-corrected chi connectivity index (χ1v) is 8.80. The SMILES string of the molecule is O=C(NC[C@H]1C[C@@H]2C[C@H]1[C@@H](O)[C@H]2O)Nc1ncc(C2CC2)s1. The summed E-state index contributed by atoms with van der Waals surface area (Å²) in [6.45, 7) is 0.539. The Bertz CT molecular complexity index is 572. The number of rotatable bonds is 4. The van der Waals surface area contributed by atoms with Crippen LogP contribution in [-0.2, 0) is 0 Å². The van der Waals surface area contributed by atoms with Gasteiger partial charge in [-0.2, -0.15) is 0 Å². The number of fused-ring (bicyclic) bond motifs is 2. The van der Waals surface area contributed by atoms with E-state index in [-0.39, 0.29) is 23.8 Å². The van der Waals surface area contributed by atoms with E-state index in [9.17, 15) is 15.0 Å². The van der Waals surface area contributed by atoms with Crippen molar-refractivity contribution in [2.75, 3.05) is 11.9 Å². The van der Waals surface area contributed by atoms with Crippen molar-refractivity contribution in [2.24, 2.45) is 17.8 Å². The molecule has 7 heteroatoms. The topological polar surface area (TPSA) is 94.5 Å². The Morgan fingerprint density at radius 1 is 1.32 bits per heavy atom. The number of amides is 2. The Morgan fingerprint density at radius 2 is 2.14 bits per heavy atom. The second-order valence-corrected chi connectivity index (χ2v) is 7.88. The average molecular weight is 323 g/mol. The van der Waals surface area contributed by atoms with Gasteiger partial charge in [-0.05, 0) is 49.4 Å². The van der Waals surface area contributed by atoms with Gasteiger partial charge in [0.25, 0.3) is 0 Å². The molecule has 0 saturated heterocycles. The van der Waals surface area contributed by atoms with Crippen molar-refractivity contribution in [3.05, 3.63) is 11.1 Å². The number of anilines is 1. The highest BCUT2D eigenvalue weighted by molar-refractivity contribution is 7.15. The number of thiazole rings is 1. The lowest BCUT2D eigenvalue weighted by Crippen LogP contribution is -2.42. The van der Waals surface area contributed by atoms with Crippen LogP contribution in [0.15, 0.2) is 6.20 Å². The lowest BCUT2D eigenvalue weighted by Gasteiger charge is -2.29.